The summed E-state index contributed by atoms with van der Waals surface area (Å²) >= 11 is 0. The molecule has 1 aliphatic rings. The lowest BCUT2D eigenvalue weighted by Gasteiger charge is -2.33. The van der Waals surface area contributed by atoms with E-state index in [9.17, 15) is 14.7 Å². The molecule has 24 heavy (non-hydrogen) atoms. The van der Waals surface area contributed by atoms with Crippen molar-refractivity contribution in [1.82, 2.24) is 15.0 Å². The van der Waals surface area contributed by atoms with Crippen LogP contribution in [-0.4, -0.2) is 57.8 Å². The minimum absolute atomic E-state index is 0.0189. The fraction of sp³-hybridized carbons (Fsp3) is 0.500. The molecule has 0 spiro atoms. The molecule has 1 aliphatic heterocycles. The van der Waals surface area contributed by atoms with Gasteiger partial charge in [-0.25, -0.2) is 9.78 Å². The zero-order valence-electron chi connectivity index (χ0n) is 13.8. The number of pyridine rings is 1. The molecule has 2 aromatic rings. The van der Waals surface area contributed by atoms with Gasteiger partial charge in [0.1, 0.15) is 0 Å². The van der Waals surface area contributed by atoms with Gasteiger partial charge < -0.3 is 19.3 Å². The third-order valence-corrected chi connectivity index (χ3v) is 4.13. The molecule has 0 aliphatic carbocycles. The first-order valence-electron chi connectivity index (χ1n) is 7.78. The molecule has 0 radical (unpaired) electrons. The van der Waals surface area contributed by atoms with Crippen LogP contribution in [-0.2, 0) is 9.53 Å². The molecule has 3 heterocycles. The molecule has 1 amide bonds. The largest absolute Gasteiger partial charge is 0.480 e. The smallest absolute Gasteiger partial charge is 0.328 e. The van der Waals surface area contributed by atoms with Gasteiger partial charge in [-0.1, -0.05) is 19.0 Å². The summed E-state index contributed by atoms with van der Waals surface area (Å²) < 4.78 is 10.4. The number of fused-ring (bicyclic) bond motifs is 1. The van der Waals surface area contributed by atoms with Crippen LogP contribution in [0.15, 0.2) is 10.6 Å². The van der Waals surface area contributed by atoms with E-state index in [-0.39, 0.29) is 25.0 Å². The highest BCUT2D eigenvalue weighted by Gasteiger charge is 2.35. The Hall–Kier alpha value is -2.48. The van der Waals surface area contributed by atoms with Crippen LogP contribution >= 0.6 is 0 Å². The number of aryl methyl sites for hydroxylation is 1. The van der Waals surface area contributed by atoms with Crippen molar-refractivity contribution in [3.8, 4) is 0 Å². The number of amides is 1. The van der Waals surface area contributed by atoms with Crippen molar-refractivity contribution in [1.29, 1.82) is 0 Å². The van der Waals surface area contributed by atoms with Crippen LogP contribution in [0.3, 0.4) is 0 Å². The van der Waals surface area contributed by atoms with Crippen molar-refractivity contribution in [3.05, 3.63) is 23.0 Å². The predicted octanol–water partition coefficient (Wildman–Crippen LogP) is 1.58. The van der Waals surface area contributed by atoms with Gasteiger partial charge in [0.25, 0.3) is 11.6 Å². The number of hydrogen-bond acceptors (Lipinski definition) is 6. The number of carboxylic acid groups (broad SMARTS) is 1. The Morgan fingerprint density at radius 2 is 2.17 bits per heavy atom. The number of ether oxygens (including phenoxy) is 1. The first-order chi connectivity index (χ1) is 11.4. The summed E-state index contributed by atoms with van der Waals surface area (Å²) in [5.74, 6) is -1.36. The lowest BCUT2D eigenvalue weighted by Crippen LogP contribution is -2.52. The van der Waals surface area contributed by atoms with Crippen LogP contribution < -0.4 is 0 Å². The zero-order chi connectivity index (χ0) is 17.4. The highest BCUT2D eigenvalue weighted by molar-refractivity contribution is 6.07. The number of carbonyl (C=O) groups excluding carboxylic acids is 1. The third-order valence-electron chi connectivity index (χ3n) is 4.13. The van der Waals surface area contributed by atoms with Crippen LogP contribution in [0.2, 0.25) is 0 Å². The lowest BCUT2D eigenvalue weighted by molar-refractivity contribution is -0.147. The number of carbonyl (C=O) groups is 2. The molecular formula is C16H19N3O5. The molecule has 2 aromatic heterocycles. The van der Waals surface area contributed by atoms with Crippen LogP contribution in [0, 0.1) is 6.92 Å². The molecule has 3 rings (SSSR count). The van der Waals surface area contributed by atoms with Gasteiger partial charge in [-0.15, -0.1) is 0 Å². The van der Waals surface area contributed by atoms with E-state index in [1.165, 1.54) is 4.90 Å². The molecule has 8 nitrogen and oxygen atoms in total. The standard InChI is InChI=1S/C16H19N3O5/c1-8(2)11-6-10(13-9(3)18-24-14(13)17-11)15(20)19-4-5-23-7-12(19)16(21)22/h6,8,12H,4-5,7H2,1-3H3,(H,21,22). The first kappa shape index (κ1) is 16.4. The SMILES string of the molecule is Cc1noc2nc(C(C)C)cc(C(=O)N3CCOCC3C(=O)O)c12. The molecule has 0 aromatic carbocycles. The second-order valence-corrected chi connectivity index (χ2v) is 6.13. The van der Waals surface area contributed by atoms with Gasteiger partial charge >= 0.3 is 5.97 Å². The Kier molecular flexibility index (Phi) is 4.23. The average molecular weight is 333 g/mol. The van der Waals surface area contributed by atoms with Crippen molar-refractivity contribution < 1.29 is 24.0 Å². The summed E-state index contributed by atoms with van der Waals surface area (Å²) in [7, 11) is 0. The van der Waals surface area contributed by atoms with Crippen molar-refractivity contribution in [3.63, 3.8) is 0 Å². The molecular weight excluding hydrogens is 314 g/mol. The van der Waals surface area contributed by atoms with E-state index in [4.69, 9.17) is 9.26 Å². The molecule has 128 valence electrons. The van der Waals surface area contributed by atoms with Crippen molar-refractivity contribution in [2.75, 3.05) is 19.8 Å². The summed E-state index contributed by atoms with van der Waals surface area (Å²) in [6.45, 7) is 6.16. The van der Waals surface area contributed by atoms with Crippen LogP contribution in [0.4, 0.5) is 0 Å². The van der Waals surface area contributed by atoms with E-state index < -0.39 is 12.0 Å². The minimum Gasteiger partial charge on any atom is -0.480 e. The van der Waals surface area contributed by atoms with Crippen molar-refractivity contribution >= 4 is 23.0 Å². The monoisotopic (exact) mass is 333 g/mol. The van der Waals surface area contributed by atoms with E-state index in [1.807, 2.05) is 13.8 Å². The molecule has 1 N–H and O–H groups in total. The minimum atomic E-state index is -1.08. The van der Waals surface area contributed by atoms with Crippen molar-refractivity contribution in [2.45, 2.75) is 32.7 Å². The fourth-order valence-corrected chi connectivity index (χ4v) is 2.78. The first-order valence-corrected chi connectivity index (χ1v) is 7.78. The molecule has 1 atom stereocenters. The Bertz CT molecular complexity index is 798. The maximum absolute atomic E-state index is 13.1. The summed E-state index contributed by atoms with van der Waals surface area (Å²) in [6, 6.07) is 0.700. The Balaban J connectivity index is 2.11. The normalized spacial score (nSPS) is 18.3. The summed E-state index contributed by atoms with van der Waals surface area (Å²) in [5.41, 5.74) is 1.91. The number of carboxylic acids is 1. The Morgan fingerprint density at radius 1 is 1.42 bits per heavy atom. The van der Waals surface area contributed by atoms with E-state index in [1.54, 1.807) is 13.0 Å². The number of rotatable bonds is 3. The zero-order valence-corrected chi connectivity index (χ0v) is 13.8. The topological polar surface area (TPSA) is 106 Å². The van der Waals surface area contributed by atoms with E-state index in [2.05, 4.69) is 10.1 Å². The Morgan fingerprint density at radius 3 is 2.83 bits per heavy atom. The predicted molar refractivity (Wildman–Crippen MR) is 83.9 cm³/mol. The van der Waals surface area contributed by atoms with Gasteiger partial charge in [0.05, 0.1) is 29.9 Å². The number of aliphatic carboxylic acids is 1. The maximum Gasteiger partial charge on any atom is 0.328 e. The van der Waals surface area contributed by atoms with E-state index in [0.717, 1.165) is 0 Å². The number of nitrogens with zero attached hydrogens (tertiary/aromatic N) is 3. The molecule has 1 saturated heterocycles. The second kappa shape index (κ2) is 6.20. The maximum atomic E-state index is 13.1. The molecule has 0 saturated carbocycles. The van der Waals surface area contributed by atoms with Gasteiger partial charge in [0.15, 0.2) is 6.04 Å². The van der Waals surface area contributed by atoms with Crippen LogP contribution in [0.5, 0.6) is 0 Å². The Labute approximate surface area is 138 Å². The van der Waals surface area contributed by atoms with Crippen LogP contribution in [0.1, 0.15) is 41.5 Å². The number of aromatic nitrogens is 2. The molecule has 1 unspecified atom stereocenters. The lowest BCUT2D eigenvalue weighted by atomic mass is 10.0. The molecule has 1 fully saturated rings. The van der Waals surface area contributed by atoms with Gasteiger partial charge in [0.2, 0.25) is 0 Å². The highest BCUT2D eigenvalue weighted by atomic mass is 16.5. The summed E-state index contributed by atoms with van der Waals surface area (Å²) in [5, 5.41) is 13.8. The fourth-order valence-electron chi connectivity index (χ4n) is 2.78. The molecule has 0 bridgehead atoms. The van der Waals surface area contributed by atoms with Crippen molar-refractivity contribution in [2.24, 2.45) is 0 Å². The van der Waals surface area contributed by atoms with Gasteiger partial charge in [0, 0.05) is 12.2 Å². The number of hydrogen-bond donors (Lipinski definition) is 1. The average Bonchev–Trinajstić information content (AvgIpc) is 2.94. The van der Waals surface area contributed by atoms with Crippen LogP contribution in [0.25, 0.3) is 11.1 Å². The van der Waals surface area contributed by atoms with Gasteiger partial charge in [-0.2, -0.15) is 0 Å². The summed E-state index contributed by atoms with van der Waals surface area (Å²) in [4.78, 5) is 30.2. The number of morpholine rings is 1. The second-order valence-electron chi connectivity index (χ2n) is 6.13. The molecule has 8 heteroatoms. The highest BCUT2D eigenvalue weighted by Crippen LogP contribution is 2.27. The van der Waals surface area contributed by atoms with E-state index in [0.29, 0.717) is 34.7 Å². The van der Waals surface area contributed by atoms with E-state index >= 15 is 0 Å². The van der Waals surface area contributed by atoms with Gasteiger partial charge in [-0.05, 0) is 18.9 Å². The quantitative estimate of drug-likeness (QED) is 0.909. The summed E-state index contributed by atoms with van der Waals surface area (Å²) in [6.07, 6.45) is 0. The third kappa shape index (κ3) is 2.73. The van der Waals surface area contributed by atoms with Gasteiger partial charge in [-0.3, -0.25) is 4.79 Å².